The second-order valence-corrected chi connectivity index (χ2v) is 13.3. The van der Waals surface area contributed by atoms with Crippen molar-refractivity contribution in [1.82, 2.24) is 0 Å². The van der Waals surface area contributed by atoms with Crippen molar-refractivity contribution in [3.8, 4) is 16.9 Å². The smallest absolute Gasteiger partial charge is 0.209 e. The monoisotopic (exact) mass is 586 g/mol. The van der Waals surface area contributed by atoms with Crippen molar-refractivity contribution in [2.24, 2.45) is 22.7 Å². The third-order valence-corrected chi connectivity index (χ3v) is 9.92. The molecule has 0 saturated carbocycles. The van der Waals surface area contributed by atoms with Crippen molar-refractivity contribution in [1.29, 1.82) is 0 Å². The Balaban J connectivity index is 1.83. The summed E-state index contributed by atoms with van der Waals surface area (Å²) in [5, 5.41) is 46.9. The van der Waals surface area contributed by atoms with E-state index in [2.05, 4.69) is 0 Å². The van der Waals surface area contributed by atoms with Gasteiger partial charge in [0, 0.05) is 28.7 Å². The molecule has 0 saturated heterocycles. The first-order valence-electron chi connectivity index (χ1n) is 14.6. The van der Waals surface area contributed by atoms with Crippen LogP contribution in [0.25, 0.3) is 11.1 Å². The number of ketones is 4. The Hall–Kier alpha value is -4.04. The molecular formula is C35H38O8. The first-order chi connectivity index (χ1) is 20.0. The fourth-order valence-electron chi connectivity index (χ4n) is 8.23. The van der Waals surface area contributed by atoms with Gasteiger partial charge in [-0.15, -0.1) is 0 Å². The zero-order chi connectivity index (χ0) is 31.8. The molecule has 1 unspecified atom stereocenters. The van der Waals surface area contributed by atoms with Gasteiger partial charge in [-0.2, -0.15) is 0 Å². The largest absolute Gasteiger partial charge is 0.511 e. The van der Waals surface area contributed by atoms with E-state index in [0.717, 1.165) is 12.5 Å². The van der Waals surface area contributed by atoms with Crippen LogP contribution >= 0.6 is 0 Å². The Labute approximate surface area is 250 Å². The molecule has 4 atom stereocenters. The average molecular weight is 587 g/mol. The molecule has 5 rings (SSSR count). The molecule has 0 bridgehead atoms. The molecule has 226 valence electrons. The molecule has 3 aliphatic rings. The molecule has 0 aliphatic heterocycles. The van der Waals surface area contributed by atoms with Crippen LogP contribution in [0, 0.1) is 22.7 Å². The van der Waals surface area contributed by atoms with Gasteiger partial charge in [-0.05, 0) is 67.3 Å². The second-order valence-electron chi connectivity index (χ2n) is 13.3. The minimum atomic E-state index is -2.67. The Bertz CT molecular complexity index is 1660. The number of hydrogen-bond donors (Lipinski definition) is 4. The van der Waals surface area contributed by atoms with E-state index in [9.17, 15) is 39.6 Å². The van der Waals surface area contributed by atoms with Gasteiger partial charge in [0.05, 0.1) is 5.56 Å². The molecule has 0 spiro atoms. The molecule has 0 aromatic heterocycles. The van der Waals surface area contributed by atoms with Crippen LogP contribution in [0.5, 0.6) is 5.75 Å². The second kappa shape index (κ2) is 10.0. The number of benzene rings is 2. The predicted octanol–water partition coefficient (Wildman–Crippen LogP) is 5.54. The van der Waals surface area contributed by atoms with E-state index in [1.807, 2.05) is 30.3 Å². The summed E-state index contributed by atoms with van der Waals surface area (Å²) in [4.78, 5) is 52.8. The zero-order valence-corrected chi connectivity index (χ0v) is 25.4. The average Bonchev–Trinajstić information content (AvgIpc) is 2.90. The summed E-state index contributed by atoms with van der Waals surface area (Å²) in [6.45, 7) is 9.55. The minimum absolute atomic E-state index is 0.0198. The van der Waals surface area contributed by atoms with Crippen LogP contribution in [0.15, 0.2) is 59.1 Å². The number of carbonyl (C=O) groups excluding carboxylic acids is 4. The molecule has 4 N–H and O–H groups in total. The van der Waals surface area contributed by atoms with Gasteiger partial charge in [0.15, 0.2) is 17.2 Å². The standard InChI is InChI=1S/C35H38O8/c1-17(2)26-29(39)24(19(4)37)31(41)35(43)32(42)27-30(40)25-23(15-33(27,5)16-34(26,35)6)22(20-10-8-7-9-11-20)14-21(28(25)38)13-12-18(3)36/h7-11,14,17,26,38-39,42-43H,12-13,15-16H2,1-6H3/t26?,33-,34-,35+/m1/s1. The number of rotatable bonds is 6. The number of aliphatic hydroxyl groups excluding tert-OH is 2. The van der Waals surface area contributed by atoms with Gasteiger partial charge in [-0.25, -0.2) is 0 Å². The summed E-state index contributed by atoms with van der Waals surface area (Å²) in [5.74, 6) is -5.52. The highest BCUT2D eigenvalue weighted by atomic mass is 16.3. The quantitative estimate of drug-likeness (QED) is 0.323. The van der Waals surface area contributed by atoms with E-state index >= 15 is 0 Å². The molecule has 8 heteroatoms. The molecule has 0 radical (unpaired) electrons. The lowest BCUT2D eigenvalue weighted by atomic mass is 9.44. The maximum atomic E-state index is 14.5. The molecular weight excluding hydrogens is 548 g/mol. The molecule has 8 nitrogen and oxygen atoms in total. The molecule has 0 heterocycles. The topological polar surface area (TPSA) is 149 Å². The van der Waals surface area contributed by atoms with Crippen LogP contribution in [0.3, 0.4) is 0 Å². The molecule has 3 aliphatic carbocycles. The molecule has 0 amide bonds. The van der Waals surface area contributed by atoms with Gasteiger partial charge < -0.3 is 25.2 Å². The van der Waals surface area contributed by atoms with Crippen molar-refractivity contribution in [2.75, 3.05) is 0 Å². The van der Waals surface area contributed by atoms with E-state index in [-0.39, 0.29) is 54.3 Å². The lowest BCUT2D eigenvalue weighted by molar-refractivity contribution is -0.171. The number of phenolic OH excluding ortho intramolecular Hbond substituents is 1. The van der Waals surface area contributed by atoms with Gasteiger partial charge in [0.25, 0.3) is 0 Å². The first-order valence-corrected chi connectivity index (χ1v) is 14.6. The number of aliphatic hydroxyl groups is 3. The Kier molecular flexibility index (Phi) is 7.08. The van der Waals surface area contributed by atoms with Crippen LogP contribution < -0.4 is 0 Å². The summed E-state index contributed by atoms with van der Waals surface area (Å²) < 4.78 is 0. The van der Waals surface area contributed by atoms with Crippen LogP contribution in [0.2, 0.25) is 0 Å². The fourth-order valence-corrected chi connectivity index (χ4v) is 8.23. The van der Waals surface area contributed by atoms with Gasteiger partial charge in [-0.3, -0.25) is 14.4 Å². The van der Waals surface area contributed by atoms with E-state index in [1.165, 1.54) is 6.92 Å². The molecule has 0 fully saturated rings. The number of Topliss-reactive ketones (excluding diaryl/α,β-unsaturated/α-hetero) is 4. The summed E-state index contributed by atoms with van der Waals surface area (Å²) in [6.07, 6.45) is 0.526. The van der Waals surface area contributed by atoms with Crippen molar-refractivity contribution in [3.63, 3.8) is 0 Å². The number of carbonyl (C=O) groups is 4. The number of aryl methyl sites for hydroxylation is 1. The number of aromatic hydroxyl groups is 1. The fraction of sp³-hybridized carbons (Fsp3) is 0.429. The van der Waals surface area contributed by atoms with E-state index in [0.29, 0.717) is 16.7 Å². The number of phenols is 1. The van der Waals surface area contributed by atoms with Crippen molar-refractivity contribution >= 4 is 23.1 Å². The normalized spacial score (nSPS) is 28.5. The van der Waals surface area contributed by atoms with Crippen LogP contribution in [-0.2, 0) is 27.2 Å². The van der Waals surface area contributed by atoms with Gasteiger partial charge in [0.2, 0.25) is 5.78 Å². The van der Waals surface area contributed by atoms with E-state index in [4.69, 9.17) is 0 Å². The van der Waals surface area contributed by atoms with Crippen LogP contribution in [-0.4, -0.2) is 49.2 Å². The summed E-state index contributed by atoms with van der Waals surface area (Å²) >= 11 is 0. The highest BCUT2D eigenvalue weighted by molar-refractivity contribution is 6.25. The number of hydrogen-bond acceptors (Lipinski definition) is 8. The minimum Gasteiger partial charge on any atom is -0.511 e. The summed E-state index contributed by atoms with van der Waals surface area (Å²) in [6, 6.07) is 11.2. The van der Waals surface area contributed by atoms with Crippen molar-refractivity contribution < 1.29 is 39.6 Å². The van der Waals surface area contributed by atoms with Crippen molar-refractivity contribution in [2.45, 2.75) is 72.8 Å². The first kappa shape index (κ1) is 30.4. The Morgan fingerprint density at radius 2 is 1.65 bits per heavy atom. The van der Waals surface area contributed by atoms with Gasteiger partial charge in [0.1, 0.15) is 28.6 Å². The third-order valence-electron chi connectivity index (χ3n) is 9.92. The third kappa shape index (κ3) is 4.13. The zero-order valence-electron chi connectivity index (χ0n) is 25.4. The highest BCUT2D eigenvalue weighted by Crippen LogP contribution is 2.65. The Morgan fingerprint density at radius 1 is 1.02 bits per heavy atom. The highest BCUT2D eigenvalue weighted by Gasteiger charge is 2.71. The number of fused-ring (bicyclic) bond motifs is 3. The summed E-state index contributed by atoms with van der Waals surface area (Å²) in [7, 11) is 0. The number of allylic oxidation sites excluding steroid dienone is 2. The lowest BCUT2D eigenvalue weighted by Gasteiger charge is -2.59. The maximum absolute atomic E-state index is 14.5. The van der Waals surface area contributed by atoms with Gasteiger partial charge in [-0.1, -0.05) is 58.0 Å². The lowest BCUT2D eigenvalue weighted by Crippen LogP contribution is -2.67. The van der Waals surface area contributed by atoms with Crippen LogP contribution in [0.1, 0.15) is 75.9 Å². The SMILES string of the molecule is CC(=O)CCc1cc(-c2ccccc2)c2c(c1O)C(=O)C1=C(O)[C@@]3(O)C(=O)C(C(C)=O)=C(O)C(C(C)C)[C@@]3(C)C[C@@]1(C)C2. The molecule has 43 heavy (non-hydrogen) atoms. The predicted molar refractivity (Wildman–Crippen MR) is 160 cm³/mol. The van der Waals surface area contributed by atoms with E-state index in [1.54, 1.807) is 33.8 Å². The molecule has 2 aromatic carbocycles. The Morgan fingerprint density at radius 3 is 2.21 bits per heavy atom. The molecule has 2 aromatic rings. The maximum Gasteiger partial charge on any atom is 0.209 e. The summed E-state index contributed by atoms with van der Waals surface area (Å²) in [5.41, 5.74) is -3.64. The van der Waals surface area contributed by atoms with Crippen LogP contribution in [0.4, 0.5) is 0 Å². The van der Waals surface area contributed by atoms with E-state index < -0.39 is 56.8 Å². The van der Waals surface area contributed by atoms with Gasteiger partial charge >= 0.3 is 0 Å². The van der Waals surface area contributed by atoms with Crippen molar-refractivity contribution in [3.05, 3.63) is 75.8 Å².